The topological polar surface area (TPSA) is 38.7 Å². The standard InChI is InChI=1S/C9H20O3/c1-7(5-6-11-3)9(10)8(2)12-4/h7-10H,5-6H2,1-4H3. The molecule has 0 aromatic rings. The summed E-state index contributed by atoms with van der Waals surface area (Å²) >= 11 is 0. The van der Waals surface area contributed by atoms with Gasteiger partial charge in [-0.3, -0.25) is 0 Å². The van der Waals surface area contributed by atoms with Crippen molar-refractivity contribution in [2.45, 2.75) is 32.5 Å². The Bertz CT molecular complexity index is 106. The van der Waals surface area contributed by atoms with E-state index in [-0.39, 0.29) is 12.0 Å². The third-order valence-corrected chi connectivity index (χ3v) is 2.21. The van der Waals surface area contributed by atoms with Gasteiger partial charge in [0.05, 0.1) is 12.2 Å². The molecule has 0 aromatic heterocycles. The van der Waals surface area contributed by atoms with Crippen molar-refractivity contribution in [2.24, 2.45) is 5.92 Å². The zero-order valence-corrected chi connectivity index (χ0v) is 8.41. The molecule has 0 heterocycles. The van der Waals surface area contributed by atoms with E-state index in [1.807, 2.05) is 13.8 Å². The predicted octanol–water partition coefficient (Wildman–Crippen LogP) is 1.05. The first-order valence-corrected chi connectivity index (χ1v) is 4.33. The normalized spacial score (nSPS) is 18.8. The second-order valence-electron chi connectivity index (χ2n) is 3.19. The van der Waals surface area contributed by atoms with E-state index in [0.29, 0.717) is 6.61 Å². The molecule has 0 fully saturated rings. The van der Waals surface area contributed by atoms with Gasteiger partial charge in [0.25, 0.3) is 0 Å². The van der Waals surface area contributed by atoms with Crippen molar-refractivity contribution in [3.63, 3.8) is 0 Å². The van der Waals surface area contributed by atoms with E-state index >= 15 is 0 Å². The molecule has 0 aliphatic rings. The van der Waals surface area contributed by atoms with Crippen LogP contribution in [-0.4, -0.2) is 38.1 Å². The van der Waals surface area contributed by atoms with Gasteiger partial charge in [-0.05, 0) is 19.3 Å². The van der Waals surface area contributed by atoms with E-state index < -0.39 is 6.10 Å². The minimum Gasteiger partial charge on any atom is -0.390 e. The zero-order valence-electron chi connectivity index (χ0n) is 8.41. The van der Waals surface area contributed by atoms with Gasteiger partial charge in [0.2, 0.25) is 0 Å². The van der Waals surface area contributed by atoms with Crippen LogP contribution in [0, 0.1) is 5.92 Å². The van der Waals surface area contributed by atoms with Crippen molar-refractivity contribution < 1.29 is 14.6 Å². The monoisotopic (exact) mass is 176 g/mol. The SMILES string of the molecule is COCCC(C)C(O)C(C)OC. The van der Waals surface area contributed by atoms with Crippen LogP contribution in [0.15, 0.2) is 0 Å². The molecule has 12 heavy (non-hydrogen) atoms. The summed E-state index contributed by atoms with van der Waals surface area (Å²) in [6.45, 7) is 4.56. The lowest BCUT2D eigenvalue weighted by Crippen LogP contribution is -2.31. The van der Waals surface area contributed by atoms with Crippen LogP contribution in [0.25, 0.3) is 0 Å². The third kappa shape index (κ3) is 4.04. The first kappa shape index (κ1) is 11.9. The summed E-state index contributed by atoms with van der Waals surface area (Å²) in [6, 6.07) is 0. The highest BCUT2D eigenvalue weighted by Crippen LogP contribution is 2.13. The lowest BCUT2D eigenvalue weighted by molar-refractivity contribution is -0.0332. The van der Waals surface area contributed by atoms with Gasteiger partial charge in [0, 0.05) is 20.8 Å². The Labute approximate surface area is 74.7 Å². The zero-order chi connectivity index (χ0) is 9.56. The van der Waals surface area contributed by atoms with Gasteiger partial charge in [-0.15, -0.1) is 0 Å². The molecule has 0 saturated heterocycles. The molecule has 74 valence electrons. The smallest absolute Gasteiger partial charge is 0.0825 e. The molecular formula is C9H20O3. The average Bonchev–Trinajstić information content (AvgIpc) is 2.11. The molecule has 0 aliphatic carbocycles. The molecule has 1 N–H and O–H groups in total. The van der Waals surface area contributed by atoms with Crippen LogP contribution in [0.2, 0.25) is 0 Å². The van der Waals surface area contributed by atoms with Gasteiger partial charge in [-0.1, -0.05) is 6.92 Å². The highest BCUT2D eigenvalue weighted by Gasteiger charge is 2.20. The minimum atomic E-state index is -0.398. The molecule has 3 atom stereocenters. The van der Waals surface area contributed by atoms with Gasteiger partial charge >= 0.3 is 0 Å². The van der Waals surface area contributed by atoms with Crippen molar-refractivity contribution in [2.75, 3.05) is 20.8 Å². The van der Waals surface area contributed by atoms with Gasteiger partial charge in [0.15, 0.2) is 0 Å². The van der Waals surface area contributed by atoms with E-state index in [4.69, 9.17) is 9.47 Å². The number of rotatable bonds is 6. The van der Waals surface area contributed by atoms with E-state index in [9.17, 15) is 5.11 Å². The van der Waals surface area contributed by atoms with Gasteiger partial charge < -0.3 is 14.6 Å². The van der Waals surface area contributed by atoms with Crippen LogP contribution in [0.3, 0.4) is 0 Å². The van der Waals surface area contributed by atoms with Crippen molar-refractivity contribution in [1.82, 2.24) is 0 Å². The van der Waals surface area contributed by atoms with Crippen LogP contribution < -0.4 is 0 Å². The number of aliphatic hydroxyl groups is 1. The number of hydrogen-bond acceptors (Lipinski definition) is 3. The second-order valence-corrected chi connectivity index (χ2v) is 3.19. The predicted molar refractivity (Wildman–Crippen MR) is 48.1 cm³/mol. The molecule has 3 heteroatoms. The van der Waals surface area contributed by atoms with E-state index in [1.54, 1.807) is 14.2 Å². The third-order valence-electron chi connectivity index (χ3n) is 2.21. The number of aliphatic hydroxyl groups excluding tert-OH is 1. The molecule has 0 rings (SSSR count). The second kappa shape index (κ2) is 6.40. The van der Waals surface area contributed by atoms with E-state index in [1.165, 1.54) is 0 Å². The molecule has 3 nitrogen and oxygen atoms in total. The van der Waals surface area contributed by atoms with Crippen LogP contribution in [-0.2, 0) is 9.47 Å². The summed E-state index contributed by atoms with van der Waals surface area (Å²) in [5.41, 5.74) is 0. The summed E-state index contributed by atoms with van der Waals surface area (Å²) in [6.07, 6.45) is 0.368. The molecule has 0 aliphatic heterocycles. The molecule has 0 bridgehead atoms. The Morgan fingerprint density at radius 1 is 1.25 bits per heavy atom. The summed E-state index contributed by atoms with van der Waals surface area (Å²) < 4.78 is 9.95. The Kier molecular flexibility index (Phi) is 6.34. The lowest BCUT2D eigenvalue weighted by atomic mass is 9.98. The van der Waals surface area contributed by atoms with Crippen molar-refractivity contribution >= 4 is 0 Å². The van der Waals surface area contributed by atoms with Crippen molar-refractivity contribution in [1.29, 1.82) is 0 Å². The molecule has 0 radical (unpaired) electrons. The summed E-state index contributed by atoms with van der Waals surface area (Å²) in [5, 5.41) is 9.63. The Morgan fingerprint density at radius 2 is 1.83 bits per heavy atom. The van der Waals surface area contributed by atoms with E-state index in [0.717, 1.165) is 6.42 Å². The Hall–Kier alpha value is -0.120. The quantitative estimate of drug-likeness (QED) is 0.657. The Balaban J connectivity index is 3.67. The van der Waals surface area contributed by atoms with Crippen LogP contribution in [0.1, 0.15) is 20.3 Å². The first-order chi connectivity index (χ1) is 5.63. The maximum absolute atomic E-state index is 9.63. The fourth-order valence-corrected chi connectivity index (χ4v) is 1.08. The minimum absolute atomic E-state index is 0.100. The van der Waals surface area contributed by atoms with Gasteiger partial charge in [0.1, 0.15) is 0 Å². The molecular weight excluding hydrogens is 156 g/mol. The maximum atomic E-state index is 9.63. The first-order valence-electron chi connectivity index (χ1n) is 4.33. The number of ether oxygens (including phenoxy) is 2. The fourth-order valence-electron chi connectivity index (χ4n) is 1.08. The fraction of sp³-hybridized carbons (Fsp3) is 1.00. The van der Waals surface area contributed by atoms with Crippen LogP contribution in [0.5, 0.6) is 0 Å². The highest BCUT2D eigenvalue weighted by molar-refractivity contribution is 4.70. The van der Waals surface area contributed by atoms with Crippen LogP contribution in [0.4, 0.5) is 0 Å². The summed E-state index contributed by atoms with van der Waals surface area (Å²) in [5.74, 6) is 0.222. The molecule has 3 unspecified atom stereocenters. The molecule has 0 spiro atoms. The molecule has 0 saturated carbocycles. The van der Waals surface area contributed by atoms with Crippen molar-refractivity contribution in [3.05, 3.63) is 0 Å². The van der Waals surface area contributed by atoms with Crippen molar-refractivity contribution in [3.8, 4) is 0 Å². The van der Waals surface area contributed by atoms with Gasteiger partial charge in [-0.25, -0.2) is 0 Å². The maximum Gasteiger partial charge on any atom is 0.0825 e. The summed E-state index contributed by atoms with van der Waals surface area (Å²) in [4.78, 5) is 0. The van der Waals surface area contributed by atoms with Gasteiger partial charge in [-0.2, -0.15) is 0 Å². The Morgan fingerprint density at radius 3 is 2.25 bits per heavy atom. The van der Waals surface area contributed by atoms with E-state index in [2.05, 4.69) is 0 Å². The molecule has 0 amide bonds. The highest BCUT2D eigenvalue weighted by atomic mass is 16.5. The summed E-state index contributed by atoms with van der Waals surface area (Å²) in [7, 11) is 3.27. The number of methoxy groups -OCH3 is 2. The number of hydrogen-bond donors (Lipinski definition) is 1. The largest absolute Gasteiger partial charge is 0.390 e. The average molecular weight is 176 g/mol. The molecule has 0 aromatic carbocycles. The van der Waals surface area contributed by atoms with Crippen LogP contribution >= 0.6 is 0 Å². The lowest BCUT2D eigenvalue weighted by Gasteiger charge is -2.23.